The summed E-state index contributed by atoms with van der Waals surface area (Å²) < 4.78 is 9.52. The standard InChI is InChI=1S/C19H19N5OS/c1-3-25-15-10-8-14(9-11-15)24-17-7-5-4-6-16(17)22-19(24)26-12-18-20-13-21-23(18)2/h4-11,13H,3,12H2,1-2H3. The summed E-state index contributed by atoms with van der Waals surface area (Å²) in [6.07, 6.45) is 1.57. The Morgan fingerprint density at radius 3 is 2.62 bits per heavy atom. The number of para-hydroxylation sites is 2. The number of rotatable bonds is 6. The number of hydrogen-bond acceptors (Lipinski definition) is 5. The first-order chi connectivity index (χ1) is 12.8. The Labute approximate surface area is 155 Å². The van der Waals surface area contributed by atoms with Crippen molar-refractivity contribution < 1.29 is 4.74 Å². The predicted molar refractivity (Wildman–Crippen MR) is 103 cm³/mol. The van der Waals surface area contributed by atoms with E-state index in [1.807, 2.05) is 44.3 Å². The van der Waals surface area contributed by atoms with Crippen molar-refractivity contribution in [1.82, 2.24) is 24.3 Å². The third kappa shape index (κ3) is 3.17. The third-order valence-corrected chi connectivity index (χ3v) is 5.01. The summed E-state index contributed by atoms with van der Waals surface area (Å²) in [5, 5.41) is 5.06. The van der Waals surface area contributed by atoms with Crippen LogP contribution in [0.1, 0.15) is 12.7 Å². The molecule has 0 saturated carbocycles. The first-order valence-electron chi connectivity index (χ1n) is 8.42. The summed E-state index contributed by atoms with van der Waals surface area (Å²) in [5.41, 5.74) is 3.11. The fourth-order valence-electron chi connectivity index (χ4n) is 2.79. The van der Waals surface area contributed by atoms with E-state index >= 15 is 0 Å². The molecule has 0 spiro atoms. The number of ether oxygens (including phenoxy) is 1. The molecule has 2 aromatic heterocycles. The molecule has 0 N–H and O–H groups in total. The van der Waals surface area contributed by atoms with E-state index < -0.39 is 0 Å². The molecule has 0 fully saturated rings. The molecule has 0 aliphatic carbocycles. The van der Waals surface area contributed by atoms with Crippen LogP contribution in [0, 0.1) is 0 Å². The molecule has 0 aliphatic rings. The highest BCUT2D eigenvalue weighted by atomic mass is 32.2. The van der Waals surface area contributed by atoms with Crippen LogP contribution >= 0.6 is 11.8 Å². The average Bonchev–Trinajstić information content (AvgIpc) is 3.24. The molecule has 6 nitrogen and oxygen atoms in total. The lowest BCUT2D eigenvalue weighted by Gasteiger charge is -2.10. The Morgan fingerprint density at radius 2 is 1.88 bits per heavy atom. The van der Waals surface area contributed by atoms with E-state index in [4.69, 9.17) is 9.72 Å². The number of aryl methyl sites for hydroxylation is 1. The van der Waals surface area contributed by atoms with Crippen molar-refractivity contribution in [2.75, 3.05) is 6.61 Å². The Hall–Kier alpha value is -2.80. The number of thioether (sulfide) groups is 1. The van der Waals surface area contributed by atoms with Crippen molar-refractivity contribution in [3.05, 3.63) is 60.7 Å². The van der Waals surface area contributed by atoms with Crippen LogP contribution in [0.3, 0.4) is 0 Å². The van der Waals surface area contributed by atoms with Crippen molar-refractivity contribution in [1.29, 1.82) is 0 Å². The number of aromatic nitrogens is 5. The smallest absolute Gasteiger partial charge is 0.174 e. The summed E-state index contributed by atoms with van der Waals surface area (Å²) >= 11 is 1.65. The van der Waals surface area contributed by atoms with Gasteiger partial charge in [-0.05, 0) is 43.3 Å². The SMILES string of the molecule is CCOc1ccc(-n2c(SCc3ncnn3C)nc3ccccc32)cc1. The summed E-state index contributed by atoms with van der Waals surface area (Å²) in [5.74, 6) is 2.49. The van der Waals surface area contributed by atoms with Crippen LogP contribution in [0.2, 0.25) is 0 Å². The lowest BCUT2D eigenvalue weighted by atomic mass is 10.2. The van der Waals surface area contributed by atoms with Crippen molar-refractivity contribution in [2.24, 2.45) is 7.05 Å². The average molecular weight is 365 g/mol. The van der Waals surface area contributed by atoms with Crippen molar-refractivity contribution >= 4 is 22.8 Å². The molecule has 0 atom stereocenters. The Kier molecular flexibility index (Phi) is 4.62. The zero-order chi connectivity index (χ0) is 17.9. The monoisotopic (exact) mass is 365 g/mol. The van der Waals surface area contributed by atoms with Gasteiger partial charge in [0.2, 0.25) is 0 Å². The fraction of sp³-hybridized carbons (Fsp3) is 0.211. The highest BCUT2D eigenvalue weighted by molar-refractivity contribution is 7.98. The number of benzene rings is 2. The maximum Gasteiger partial charge on any atom is 0.174 e. The molecule has 0 amide bonds. The fourth-order valence-corrected chi connectivity index (χ4v) is 3.80. The summed E-state index contributed by atoms with van der Waals surface area (Å²) in [6.45, 7) is 2.64. The van der Waals surface area contributed by atoms with Crippen LogP contribution < -0.4 is 4.74 Å². The molecule has 26 heavy (non-hydrogen) atoms. The van der Waals surface area contributed by atoms with Crippen molar-refractivity contribution in [2.45, 2.75) is 17.8 Å². The molecule has 2 aromatic carbocycles. The van der Waals surface area contributed by atoms with E-state index in [1.165, 1.54) is 0 Å². The molecular weight excluding hydrogens is 346 g/mol. The van der Waals surface area contributed by atoms with Crippen LogP contribution in [0.5, 0.6) is 5.75 Å². The molecule has 0 saturated heterocycles. The van der Waals surface area contributed by atoms with Gasteiger partial charge in [-0.15, -0.1) is 0 Å². The second-order valence-corrected chi connectivity index (χ2v) is 6.68. The minimum Gasteiger partial charge on any atom is -0.494 e. The van der Waals surface area contributed by atoms with Crippen molar-refractivity contribution in [3.63, 3.8) is 0 Å². The van der Waals surface area contributed by atoms with Gasteiger partial charge in [0.25, 0.3) is 0 Å². The molecule has 132 valence electrons. The number of imidazole rings is 1. The van der Waals surface area contributed by atoms with Gasteiger partial charge in [-0.25, -0.2) is 9.97 Å². The van der Waals surface area contributed by atoms with Crippen molar-refractivity contribution in [3.8, 4) is 11.4 Å². The second kappa shape index (κ2) is 7.21. The van der Waals surface area contributed by atoms with Crippen LogP contribution in [0.25, 0.3) is 16.7 Å². The predicted octanol–water partition coefficient (Wildman–Crippen LogP) is 3.85. The van der Waals surface area contributed by atoms with Gasteiger partial charge >= 0.3 is 0 Å². The quantitative estimate of drug-likeness (QED) is 0.486. The summed E-state index contributed by atoms with van der Waals surface area (Å²) in [6, 6.07) is 16.3. The zero-order valence-electron chi connectivity index (χ0n) is 14.7. The second-order valence-electron chi connectivity index (χ2n) is 5.73. The molecule has 4 aromatic rings. The Balaban J connectivity index is 1.72. The Morgan fingerprint density at radius 1 is 1.08 bits per heavy atom. The molecule has 0 aliphatic heterocycles. The maximum atomic E-state index is 5.56. The van der Waals surface area contributed by atoms with E-state index in [1.54, 1.807) is 22.8 Å². The van der Waals surface area contributed by atoms with E-state index in [2.05, 4.69) is 32.8 Å². The van der Waals surface area contributed by atoms with Gasteiger partial charge in [0.1, 0.15) is 17.9 Å². The summed E-state index contributed by atoms with van der Waals surface area (Å²) in [4.78, 5) is 9.11. The minimum atomic E-state index is 0.659. The van der Waals surface area contributed by atoms with E-state index in [9.17, 15) is 0 Å². The van der Waals surface area contributed by atoms with Gasteiger partial charge < -0.3 is 4.74 Å². The zero-order valence-corrected chi connectivity index (χ0v) is 15.5. The molecule has 4 rings (SSSR count). The van der Waals surface area contributed by atoms with E-state index in [0.29, 0.717) is 12.4 Å². The maximum absolute atomic E-state index is 5.56. The minimum absolute atomic E-state index is 0.659. The van der Waals surface area contributed by atoms with Gasteiger partial charge in [0.05, 0.1) is 23.4 Å². The first kappa shape index (κ1) is 16.7. The molecule has 2 heterocycles. The van der Waals surface area contributed by atoms with Gasteiger partial charge in [-0.3, -0.25) is 9.25 Å². The molecule has 0 bridgehead atoms. The largest absolute Gasteiger partial charge is 0.494 e. The highest BCUT2D eigenvalue weighted by Crippen LogP contribution is 2.30. The van der Waals surface area contributed by atoms with Gasteiger partial charge in [-0.2, -0.15) is 5.10 Å². The Bertz CT molecular complexity index is 1020. The number of hydrogen-bond donors (Lipinski definition) is 0. The number of fused-ring (bicyclic) bond motifs is 1. The van der Waals surface area contributed by atoms with Gasteiger partial charge in [0.15, 0.2) is 5.16 Å². The lowest BCUT2D eigenvalue weighted by molar-refractivity contribution is 0.340. The van der Waals surface area contributed by atoms with Crippen LogP contribution in [-0.4, -0.2) is 30.9 Å². The third-order valence-electron chi connectivity index (χ3n) is 4.07. The first-order valence-corrected chi connectivity index (χ1v) is 9.41. The topological polar surface area (TPSA) is 57.8 Å². The number of nitrogens with zero attached hydrogens (tertiary/aromatic N) is 5. The van der Waals surface area contributed by atoms with Crippen LogP contribution in [0.4, 0.5) is 0 Å². The van der Waals surface area contributed by atoms with Crippen LogP contribution in [-0.2, 0) is 12.8 Å². The lowest BCUT2D eigenvalue weighted by Crippen LogP contribution is -2.00. The van der Waals surface area contributed by atoms with E-state index in [0.717, 1.165) is 33.5 Å². The normalized spacial score (nSPS) is 11.2. The van der Waals surface area contributed by atoms with Crippen LogP contribution in [0.15, 0.2) is 60.0 Å². The highest BCUT2D eigenvalue weighted by Gasteiger charge is 2.14. The molecule has 0 unspecified atom stereocenters. The summed E-state index contributed by atoms with van der Waals surface area (Å²) in [7, 11) is 1.90. The van der Waals surface area contributed by atoms with Gasteiger partial charge in [0, 0.05) is 12.7 Å². The molecular formula is C19H19N5OS. The van der Waals surface area contributed by atoms with Gasteiger partial charge in [-0.1, -0.05) is 23.9 Å². The molecule has 0 radical (unpaired) electrons. The van der Waals surface area contributed by atoms with E-state index in [-0.39, 0.29) is 0 Å². The molecule has 7 heteroatoms.